The predicted octanol–water partition coefficient (Wildman–Crippen LogP) is 4.13. The molecule has 108 valence electrons. The molecule has 0 unspecified atom stereocenters. The van der Waals surface area contributed by atoms with Crippen molar-refractivity contribution in [1.82, 2.24) is 0 Å². The fourth-order valence-electron chi connectivity index (χ4n) is 2.35. The molecule has 3 aromatic rings. The first-order valence-electron chi connectivity index (χ1n) is 6.57. The summed E-state index contributed by atoms with van der Waals surface area (Å²) >= 11 is 7.23. The molecule has 0 spiro atoms. The van der Waals surface area contributed by atoms with Gasteiger partial charge in [-0.25, -0.2) is 0 Å². The molecule has 0 N–H and O–H groups in total. The van der Waals surface area contributed by atoms with Gasteiger partial charge in [-0.1, -0.05) is 54.6 Å². The summed E-state index contributed by atoms with van der Waals surface area (Å²) in [6.07, 6.45) is 0. The zero-order valence-electron chi connectivity index (χ0n) is 11.3. The van der Waals surface area contributed by atoms with Crippen LogP contribution in [-0.4, -0.2) is 0 Å². The summed E-state index contributed by atoms with van der Waals surface area (Å²) in [7, 11) is 0. The Labute approximate surface area is 145 Å². The molecule has 0 amide bonds. The van der Waals surface area contributed by atoms with Gasteiger partial charge in [-0.2, -0.15) is 0 Å². The molecule has 0 saturated heterocycles. The molecule has 21 heavy (non-hydrogen) atoms. The third-order valence-electron chi connectivity index (χ3n) is 3.34. The van der Waals surface area contributed by atoms with Crippen LogP contribution < -0.4 is 15.9 Å². The van der Waals surface area contributed by atoms with Gasteiger partial charge in [-0.3, -0.25) is 0 Å². The van der Waals surface area contributed by atoms with Crippen LogP contribution in [0.1, 0.15) is 0 Å². The van der Waals surface area contributed by atoms with E-state index in [1.807, 2.05) is 18.2 Å². The summed E-state index contributed by atoms with van der Waals surface area (Å²) in [5.41, 5.74) is 0. The molecule has 0 aromatic heterocycles. The summed E-state index contributed by atoms with van der Waals surface area (Å²) in [6.45, 7) is -2.05. The van der Waals surface area contributed by atoms with Gasteiger partial charge in [0.2, 0.25) is 6.62 Å². The Kier molecular flexibility index (Phi) is 5.74. The van der Waals surface area contributed by atoms with Crippen molar-refractivity contribution in [1.29, 1.82) is 0 Å². The standard InChI is InChI=1S/C18H15ClP.Pd/c19-20(16-10-4-1-5-11-16,17-12-6-2-7-13-17)18-14-8-3-9-15-18;/h1-15H;/q+1;. The van der Waals surface area contributed by atoms with Crippen molar-refractivity contribution in [3.05, 3.63) is 91.0 Å². The molecule has 3 aromatic carbocycles. The van der Waals surface area contributed by atoms with Crippen molar-refractivity contribution in [3.8, 4) is 0 Å². The smallest absolute Gasteiger partial charge is 0.0620 e. The van der Waals surface area contributed by atoms with Crippen LogP contribution in [0, 0.1) is 0 Å². The van der Waals surface area contributed by atoms with Crippen LogP contribution in [0.25, 0.3) is 0 Å². The number of hydrogen-bond donors (Lipinski definition) is 0. The van der Waals surface area contributed by atoms with E-state index in [0.29, 0.717) is 0 Å². The van der Waals surface area contributed by atoms with Crippen LogP contribution in [0.15, 0.2) is 91.0 Å². The van der Waals surface area contributed by atoms with Crippen LogP contribution in [-0.2, 0) is 20.4 Å². The Morgan fingerprint density at radius 1 is 0.476 bits per heavy atom. The molecule has 0 heterocycles. The molecule has 0 aliphatic rings. The van der Waals surface area contributed by atoms with Gasteiger partial charge >= 0.3 is 0 Å². The first kappa shape index (κ1) is 16.4. The first-order valence-corrected chi connectivity index (χ1v) is 9.27. The monoisotopic (exact) mass is 403 g/mol. The Morgan fingerprint density at radius 2 is 0.714 bits per heavy atom. The van der Waals surface area contributed by atoms with Gasteiger partial charge in [0, 0.05) is 20.4 Å². The second kappa shape index (κ2) is 7.35. The average Bonchev–Trinajstić information content (AvgIpc) is 2.56. The van der Waals surface area contributed by atoms with Crippen LogP contribution >= 0.6 is 17.9 Å². The van der Waals surface area contributed by atoms with Gasteiger partial charge in [0.15, 0.2) is 0 Å². The van der Waals surface area contributed by atoms with E-state index in [4.69, 9.17) is 11.2 Å². The molecule has 3 heteroatoms. The van der Waals surface area contributed by atoms with Crippen molar-refractivity contribution < 1.29 is 20.4 Å². The van der Waals surface area contributed by atoms with E-state index < -0.39 is 6.62 Å². The Hall–Kier alpha value is -0.958. The third kappa shape index (κ3) is 3.28. The van der Waals surface area contributed by atoms with Crippen LogP contribution in [0.4, 0.5) is 0 Å². The quantitative estimate of drug-likeness (QED) is 0.455. The van der Waals surface area contributed by atoms with Gasteiger partial charge in [-0.05, 0) is 36.4 Å². The fraction of sp³-hybridized carbons (Fsp3) is 0. The largest absolute Gasteiger partial charge is 0.210 e. The Bertz CT molecular complexity index is 575. The molecule has 0 radical (unpaired) electrons. The normalized spacial score (nSPS) is 10.7. The van der Waals surface area contributed by atoms with Crippen molar-refractivity contribution in [2.75, 3.05) is 0 Å². The molecule has 0 bridgehead atoms. The van der Waals surface area contributed by atoms with E-state index in [2.05, 4.69) is 72.8 Å². The number of hydrogen-bond acceptors (Lipinski definition) is 0. The second-order valence-electron chi connectivity index (χ2n) is 4.60. The zero-order chi connectivity index (χ0) is 13.8. The van der Waals surface area contributed by atoms with E-state index in [0.717, 1.165) is 0 Å². The van der Waals surface area contributed by atoms with E-state index in [-0.39, 0.29) is 20.4 Å². The number of rotatable bonds is 3. The molecular formula is C18H15ClPPd+. The van der Waals surface area contributed by atoms with Crippen LogP contribution in [0.3, 0.4) is 0 Å². The van der Waals surface area contributed by atoms with Crippen LogP contribution in [0.5, 0.6) is 0 Å². The topological polar surface area (TPSA) is 0 Å². The third-order valence-corrected chi connectivity index (χ3v) is 8.12. The second-order valence-corrected chi connectivity index (χ2v) is 8.84. The first-order chi connectivity index (χ1) is 9.82. The Morgan fingerprint density at radius 3 is 0.952 bits per heavy atom. The molecule has 0 nitrogen and oxygen atoms in total. The summed E-state index contributed by atoms with van der Waals surface area (Å²) in [4.78, 5) is 0. The summed E-state index contributed by atoms with van der Waals surface area (Å²) in [5.74, 6) is 0. The van der Waals surface area contributed by atoms with Crippen LogP contribution in [0.2, 0.25) is 0 Å². The minimum absolute atomic E-state index is 0. The summed E-state index contributed by atoms with van der Waals surface area (Å²) in [6, 6.07) is 31.2. The van der Waals surface area contributed by atoms with Crippen molar-refractivity contribution in [3.63, 3.8) is 0 Å². The summed E-state index contributed by atoms with van der Waals surface area (Å²) < 4.78 is 0. The van der Waals surface area contributed by atoms with Gasteiger partial charge in [0.25, 0.3) is 0 Å². The van der Waals surface area contributed by atoms with E-state index in [9.17, 15) is 0 Å². The van der Waals surface area contributed by atoms with Crippen molar-refractivity contribution in [2.24, 2.45) is 0 Å². The minimum Gasteiger partial charge on any atom is -0.0620 e. The maximum Gasteiger partial charge on any atom is 0.210 e. The van der Waals surface area contributed by atoms with Gasteiger partial charge < -0.3 is 0 Å². The molecular weight excluding hydrogens is 389 g/mol. The fourth-order valence-corrected chi connectivity index (χ4v) is 6.00. The molecule has 0 aliphatic carbocycles. The predicted molar refractivity (Wildman–Crippen MR) is 91.0 cm³/mol. The van der Waals surface area contributed by atoms with Gasteiger partial charge in [0.05, 0.1) is 0 Å². The van der Waals surface area contributed by atoms with Gasteiger partial charge in [-0.15, -0.1) is 0 Å². The molecule has 0 atom stereocenters. The number of benzene rings is 3. The van der Waals surface area contributed by atoms with E-state index in [1.165, 1.54) is 15.9 Å². The van der Waals surface area contributed by atoms with Crippen molar-refractivity contribution >= 4 is 33.8 Å². The Balaban J connectivity index is 0.00000161. The minimum atomic E-state index is -2.05. The average molecular weight is 404 g/mol. The molecule has 0 aliphatic heterocycles. The zero-order valence-corrected chi connectivity index (χ0v) is 14.5. The molecule has 0 fully saturated rings. The van der Waals surface area contributed by atoms with Crippen molar-refractivity contribution in [2.45, 2.75) is 0 Å². The van der Waals surface area contributed by atoms with E-state index >= 15 is 0 Å². The maximum absolute atomic E-state index is 7.23. The molecule has 3 rings (SSSR count). The van der Waals surface area contributed by atoms with E-state index in [1.54, 1.807) is 0 Å². The maximum atomic E-state index is 7.23. The summed E-state index contributed by atoms with van der Waals surface area (Å²) in [5, 5.41) is 3.58. The SMILES string of the molecule is Cl[P+](c1ccccc1)(c1ccccc1)c1ccccc1.[Pd]. The van der Waals surface area contributed by atoms with Gasteiger partial charge in [0.1, 0.15) is 27.2 Å². The number of halogens is 1. The molecule has 0 saturated carbocycles.